The SMILES string of the molecule is COc1ccc([N+](=O)[O-])cc1-c1ccc(/C=C2\SC(=O)N(C)C2=O)o1. The van der Waals surface area contributed by atoms with E-state index in [2.05, 4.69) is 0 Å². The van der Waals surface area contributed by atoms with E-state index in [1.165, 1.54) is 38.4 Å². The van der Waals surface area contributed by atoms with Gasteiger partial charge in [0.1, 0.15) is 17.3 Å². The number of methoxy groups -OCH3 is 1. The van der Waals surface area contributed by atoms with Crippen LogP contribution in [-0.4, -0.2) is 35.1 Å². The summed E-state index contributed by atoms with van der Waals surface area (Å²) in [5.41, 5.74) is 0.320. The number of nitro benzene ring substituents is 1. The Kier molecular flexibility index (Phi) is 4.32. The number of ether oxygens (including phenoxy) is 1. The van der Waals surface area contributed by atoms with Crippen LogP contribution < -0.4 is 4.74 Å². The summed E-state index contributed by atoms with van der Waals surface area (Å²) in [6.45, 7) is 0. The molecule has 0 spiro atoms. The van der Waals surface area contributed by atoms with Gasteiger partial charge in [0.15, 0.2) is 0 Å². The van der Waals surface area contributed by atoms with Gasteiger partial charge in [-0.25, -0.2) is 0 Å². The first-order chi connectivity index (χ1) is 11.9. The highest BCUT2D eigenvalue weighted by atomic mass is 32.2. The third-order valence-corrected chi connectivity index (χ3v) is 4.51. The van der Waals surface area contributed by atoms with Gasteiger partial charge in [-0.05, 0) is 30.0 Å². The standard InChI is InChI=1S/C16H12N2O6S/c1-17-15(19)14(25-16(17)20)8-10-4-6-13(24-10)11-7-9(18(21)22)3-5-12(11)23-2/h3-8H,1-2H3/b14-8-. The average molecular weight is 360 g/mol. The maximum atomic E-state index is 11.9. The van der Waals surface area contributed by atoms with Crippen LogP contribution in [0.15, 0.2) is 39.7 Å². The number of likely N-dealkylation sites (N-methyl/N-ethyl adjacent to an activating group) is 1. The average Bonchev–Trinajstić information content (AvgIpc) is 3.15. The summed E-state index contributed by atoms with van der Waals surface area (Å²) >= 11 is 0.820. The molecule has 2 amide bonds. The number of hydrogen-bond donors (Lipinski definition) is 0. The minimum absolute atomic E-state index is 0.0964. The Morgan fingerprint density at radius 1 is 1.28 bits per heavy atom. The molecule has 0 N–H and O–H groups in total. The van der Waals surface area contributed by atoms with Gasteiger partial charge in [0.05, 0.1) is 22.5 Å². The summed E-state index contributed by atoms with van der Waals surface area (Å²) in [5, 5.41) is 10.6. The predicted octanol–water partition coefficient (Wildman–Crippen LogP) is 3.53. The zero-order valence-corrected chi connectivity index (χ0v) is 14.0. The smallest absolute Gasteiger partial charge is 0.293 e. The van der Waals surface area contributed by atoms with Crippen molar-refractivity contribution >= 4 is 34.7 Å². The monoisotopic (exact) mass is 360 g/mol. The van der Waals surface area contributed by atoms with E-state index in [-0.39, 0.29) is 15.8 Å². The minimum atomic E-state index is -0.510. The molecular weight excluding hydrogens is 348 g/mol. The predicted molar refractivity (Wildman–Crippen MR) is 91.1 cm³/mol. The lowest BCUT2D eigenvalue weighted by Gasteiger charge is -2.05. The van der Waals surface area contributed by atoms with Crippen LogP contribution in [0, 0.1) is 10.1 Å². The van der Waals surface area contributed by atoms with E-state index < -0.39 is 10.8 Å². The lowest BCUT2D eigenvalue weighted by Crippen LogP contribution is -2.22. The molecule has 0 aliphatic carbocycles. The lowest BCUT2D eigenvalue weighted by molar-refractivity contribution is -0.384. The van der Waals surface area contributed by atoms with Crippen LogP contribution in [0.3, 0.4) is 0 Å². The molecule has 0 saturated carbocycles. The van der Waals surface area contributed by atoms with Gasteiger partial charge in [-0.1, -0.05) is 0 Å². The van der Waals surface area contributed by atoms with Gasteiger partial charge < -0.3 is 9.15 Å². The molecule has 0 unspecified atom stereocenters. The van der Waals surface area contributed by atoms with Crippen LogP contribution in [0.1, 0.15) is 5.76 Å². The zero-order chi connectivity index (χ0) is 18.1. The Bertz CT molecular complexity index is 917. The largest absolute Gasteiger partial charge is 0.496 e. The van der Waals surface area contributed by atoms with Gasteiger partial charge in [-0.2, -0.15) is 0 Å². The highest BCUT2D eigenvalue weighted by Crippen LogP contribution is 2.36. The van der Waals surface area contributed by atoms with E-state index in [9.17, 15) is 19.7 Å². The Labute approximate surface area is 146 Å². The summed E-state index contributed by atoms with van der Waals surface area (Å²) in [5.74, 6) is 0.714. The third kappa shape index (κ3) is 3.13. The zero-order valence-electron chi connectivity index (χ0n) is 13.2. The first kappa shape index (κ1) is 16.8. The molecule has 25 heavy (non-hydrogen) atoms. The molecule has 1 aromatic carbocycles. The second kappa shape index (κ2) is 6.44. The van der Waals surface area contributed by atoms with Gasteiger partial charge >= 0.3 is 0 Å². The van der Waals surface area contributed by atoms with Crippen molar-refractivity contribution in [2.45, 2.75) is 0 Å². The number of benzene rings is 1. The van der Waals surface area contributed by atoms with Crippen molar-refractivity contribution in [1.82, 2.24) is 4.90 Å². The van der Waals surface area contributed by atoms with Crippen molar-refractivity contribution in [3.05, 3.63) is 51.1 Å². The van der Waals surface area contributed by atoms with Gasteiger partial charge in [0, 0.05) is 25.3 Å². The molecule has 3 rings (SSSR count). The van der Waals surface area contributed by atoms with Crippen molar-refractivity contribution < 1.29 is 23.7 Å². The van der Waals surface area contributed by atoms with Crippen LogP contribution in [0.2, 0.25) is 0 Å². The number of carbonyl (C=O) groups excluding carboxylic acids is 2. The van der Waals surface area contributed by atoms with Crippen LogP contribution >= 0.6 is 11.8 Å². The normalized spacial score (nSPS) is 15.9. The molecular formula is C16H12N2O6S. The summed E-state index contributed by atoms with van der Waals surface area (Å²) < 4.78 is 10.9. The minimum Gasteiger partial charge on any atom is -0.496 e. The Morgan fingerprint density at radius 2 is 2.04 bits per heavy atom. The number of rotatable bonds is 4. The van der Waals surface area contributed by atoms with Crippen molar-refractivity contribution in [2.75, 3.05) is 14.2 Å². The fourth-order valence-corrected chi connectivity index (χ4v) is 3.06. The molecule has 2 aromatic rings. The molecule has 9 heteroatoms. The third-order valence-electron chi connectivity index (χ3n) is 3.55. The van der Waals surface area contributed by atoms with Crippen molar-refractivity contribution in [3.63, 3.8) is 0 Å². The van der Waals surface area contributed by atoms with E-state index in [0.717, 1.165) is 16.7 Å². The fourth-order valence-electron chi connectivity index (χ4n) is 2.25. The number of carbonyl (C=O) groups is 2. The molecule has 2 heterocycles. The molecule has 1 aliphatic rings. The van der Waals surface area contributed by atoms with E-state index >= 15 is 0 Å². The van der Waals surface area contributed by atoms with Gasteiger partial charge in [-0.3, -0.25) is 24.6 Å². The fraction of sp³-hybridized carbons (Fsp3) is 0.125. The quantitative estimate of drug-likeness (QED) is 0.467. The first-order valence-corrected chi connectivity index (χ1v) is 7.86. The molecule has 0 bridgehead atoms. The lowest BCUT2D eigenvalue weighted by atomic mass is 10.1. The van der Waals surface area contributed by atoms with Crippen LogP contribution in [0.5, 0.6) is 5.75 Å². The number of hydrogen-bond acceptors (Lipinski definition) is 7. The van der Waals surface area contributed by atoms with Gasteiger partial charge in [0.2, 0.25) is 0 Å². The van der Waals surface area contributed by atoms with Crippen LogP contribution in [0.25, 0.3) is 17.4 Å². The summed E-state index contributed by atoms with van der Waals surface area (Å²) in [6.07, 6.45) is 1.46. The highest BCUT2D eigenvalue weighted by Gasteiger charge is 2.32. The van der Waals surface area contributed by atoms with E-state index in [0.29, 0.717) is 22.8 Å². The van der Waals surface area contributed by atoms with Crippen molar-refractivity contribution in [1.29, 1.82) is 0 Å². The Hall–Kier alpha value is -3.07. The Morgan fingerprint density at radius 3 is 2.64 bits per heavy atom. The van der Waals surface area contributed by atoms with Crippen LogP contribution in [0.4, 0.5) is 10.5 Å². The number of amides is 2. The highest BCUT2D eigenvalue weighted by molar-refractivity contribution is 8.18. The molecule has 8 nitrogen and oxygen atoms in total. The van der Waals surface area contributed by atoms with E-state index in [1.54, 1.807) is 12.1 Å². The number of nitrogens with zero attached hydrogens (tertiary/aromatic N) is 2. The van der Waals surface area contributed by atoms with Gasteiger partial charge in [0.25, 0.3) is 16.8 Å². The number of furan rings is 1. The maximum absolute atomic E-state index is 11.9. The van der Waals surface area contributed by atoms with Crippen molar-refractivity contribution in [3.8, 4) is 17.1 Å². The maximum Gasteiger partial charge on any atom is 0.293 e. The van der Waals surface area contributed by atoms with Gasteiger partial charge in [-0.15, -0.1) is 0 Å². The molecule has 1 fully saturated rings. The van der Waals surface area contributed by atoms with E-state index in [1.807, 2.05) is 0 Å². The summed E-state index contributed by atoms with van der Waals surface area (Å²) in [6, 6.07) is 7.39. The summed E-state index contributed by atoms with van der Waals surface area (Å²) in [7, 11) is 2.85. The Balaban J connectivity index is 1.97. The molecule has 1 aliphatic heterocycles. The number of nitro groups is 1. The molecule has 1 aromatic heterocycles. The summed E-state index contributed by atoms with van der Waals surface area (Å²) in [4.78, 5) is 35.1. The molecule has 128 valence electrons. The second-order valence-corrected chi connectivity index (χ2v) is 6.08. The number of imide groups is 1. The number of thioether (sulfide) groups is 1. The molecule has 0 atom stereocenters. The number of non-ortho nitro benzene ring substituents is 1. The second-order valence-electron chi connectivity index (χ2n) is 5.08. The first-order valence-electron chi connectivity index (χ1n) is 7.05. The van der Waals surface area contributed by atoms with Crippen molar-refractivity contribution in [2.24, 2.45) is 0 Å². The molecule has 0 radical (unpaired) electrons. The van der Waals surface area contributed by atoms with E-state index in [4.69, 9.17) is 9.15 Å². The topological polar surface area (TPSA) is 103 Å². The molecule has 1 saturated heterocycles. The van der Waals surface area contributed by atoms with Crippen LogP contribution in [-0.2, 0) is 4.79 Å².